The second-order valence-corrected chi connectivity index (χ2v) is 19.3. The minimum Gasteiger partial charge on any atom is -0.466 e. The van der Waals surface area contributed by atoms with Gasteiger partial charge in [0.2, 0.25) is 5.91 Å². The summed E-state index contributed by atoms with van der Waals surface area (Å²) in [7, 11) is 0. The van der Waals surface area contributed by atoms with Crippen LogP contribution in [0.25, 0.3) is 0 Å². The predicted molar refractivity (Wildman–Crippen MR) is 273 cm³/mol. The van der Waals surface area contributed by atoms with Gasteiger partial charge in [0.15, 0.2) is 0 Å². The summed E-state index contributed by atoms with van der Waals surface area (Å²) >= 11 is 0. The number of allylic oxidation sites excluding steroid dienone is 3. The molecule has 2 unspecified atom stereocenters. The molecule has 0 spiro atoms. The largest absolute Gasteiger partial charge is 0.466 e. The molecule has 0 fully saturated rings. The number of carbonyl (C=O) groups is 2. The van der Waals surface area contributed by atoms with Crippen LogP contribution >= 0.6 is 0 Å². The molecule has 0 rings (SSSR count). The molecule has 0 aromatic carbocycles. The van der Waals surface area contributed by atoms with E-state index in [1.807, 2.05) is 6.08 Å². The Hall–Kier alpha value is -1.66. The zero-order valence-electron chi connectivity index (χ0n) is 42.3. The van der Waals surface area contributed by atoms with E-state index < -0.39 is 12.1 Å². The molecule has 63 heavy (non-hydrogen) atoms. The molecule has 2 atom stereocenters. The Kier molecular flexibility index (Phi) is 51.6. The van der Waals surface area contributed by atoms with E-state index in [-0.39, 0.29) is 18.5 Å². The topological polar surface area (TPSA) is 95.9 Å². The van der Waals surface area contributed by atoms with E-state index in [9.17, 15) is 19.8 Å². The molecule has 3 N–H and O–H groups in total. The Labute approximate surface area is 392 Å². The van der Waals surface area contributed by atoms with E-state index in [1.54, 1.807) is 6.08 Å². The second kappa shape index (κ2) is 53.0. The first-order valence-electron chi connectivity index (χ1n) is 28.1. The highest BCUT2D eigenvalue weighted by molar-refractivity contribution is 5.76. The Morgan fingerprint density at radius 1 is 0.429 bits per heavy atom. The summed E-state index contributed by atoms with van der Waals surface area (Å²) in [6, 6.07) is -0.629. The van der Waals surface area contributed by atoms with Crippen LogP contribution in [0.3, 0.4) is 0 Å². The fourth-order valence-corrected chi connectivity index (χ4v) is 8.62. The Morgan fingerprint density at radius 3 is 1.17 bits per heavy atom. The van der Waals surface area contributed by atoms with Crippen LogP contribution in [0, 0.1) is 0 Å². The van der Waals surface area contributed by atoms with Crippen LogP contribution in [0.1, 0.15) is 303 Å². The first-order chi connectivity index (χ1) is 31.0. The Balaban J connectivity index is 3.44. The number of hydrogen-bond acceptors (Lipinski definition) is 5. The van der Waals surface area contributed by atoms with Gasteiger partial charge in [-0.1, -0.05) is 263 Å². The third-order valence-electron chi connectivity index (χ3n) is 13.0. The van der Waals surface area contributed by atoms with Gasteiger partial charge in [-0.15, -0.1) is 0 Å². The summed E-state index contributed by atoms with van der Waals surface area (Å²) < 4.78 is 5.45. The average molecular weight is 889 g/mol. The number of nitrogens with one attached hydrogen (secondary N) is 1. The number of aliphatic hydroxyl groups excluding tert-OH is 2. The number of unbranched alkanes of at least 4 members (excludes halogenated alkanes) is 39. The lowest BCUT2D eigenvalue weighted by molar-refractivity contribution is -0.143. The summed E-state index contributed by atoms with van der Waals surface area (Å²) in [5.74, 6) is -0.0725. The van der Waals surface area contributed by atoms with Crippen LogP contribution in [0.2, 0.25) is 0 Å². The van der Waals surface area contributed by atoms with Gasteiger partial charge in [0.05, 0.1) is 25.4 Å². The molecule has 0 bridgehead atoms. The number of rotatable bonds is 52. The third kappa shape index (κ3) is 49.6. The van der Waals surface area contributed by atoms with Crippen molar-refractivity contribution < 1.29 is 24.5 Å². The molecule has 1 amide bonds. The zero-order valence-corrected chi connectivity index (χ0v) is 42.3. The van der Waals surface area contributed by atoms with Gasteiger partial charge in [0.25, 0.3) is 0 Å². The van der Waals surface area contributed by atoms with E-state index in [1.165, 1.54) is 231 Å². The summed E-state index contributed by atoms with van der Waals surface area (Å²) in [4.78, 5) is 24.4. The average Bonchev–Trinajstić information content (AvgIpc) is 3.28. The van der Waals surface area contributed by atoms with Gasteiger partial charge in [-0.3, -0.25) is 9.59 Å². The van der Waals surface area contributed by atoms with Crippen LogP contribution in [-0.4, -0.2) is 47.4 Å². The molecule has 0 aliphatic heterocycles. The van der Waals surface area contributed by atoms with E-state index in [2.05, 4.69) is 31.3 Å². The standard InChI is InChI=1S/C57H109NO5/c1-3-5-7-9-11-13-15-16-17-23-26-30-33-37-41-45-49-55(60)54(53-59)58-56(61)50-46-42-38-34-31-27-24-21-19-18-20-22-25-28-32-36-40-44-48-52-63-57(62)51-47-43-39-35-29-14-12-10-8-6-4-2/h10,12,45,49,54-55,59-60H,3-9,11,13-44,46-48,50-53H2,1-2H3,(H,58,61)/b12-10-,49-45+. The molecule has 0 radical (unpaired) electrons. The fourth-order valence-electron chi connectivity index (χ4n) is 8.62. The first kappa shape index (κ1) is 61.3. The molecule has 0 aliphatic rings. The van der Waals surface area contributed by atoms with Crippen molar-refractivity contribution >= 4 is 11.9 Å². The van der Waals surface area contributed by atoms with Crippen molar-refractivity contribution in [2.75, 3.05) is 13.2 Å². The number of aliphatic hydroxyl groups is 2. The number of amides is 1. The van der Waals surface area contributed by atoms with Crippen molar-refractivity contribution in [1.29, 1.82) is 0 Å². The molecular formula is C57H109NO5. The van der Waals surface area contributed by atoms with Crippen molar-refractivity contribution in [2.45, 2.75) is 315 Å². The van der Waals surface area contributed by atoms with Crippen molar-refractivity contribution in [2.24, 2.45) is 0 Å². The first-order valence-corrected chi connectivity index (χ1v) is 28.1. The van der Waals surface area contributed by atoms with Gasteiger partial charge < -0.3 is 20.3 Å². The molecule has 0 saturated carbocycles. The summed E-state index contributed by atoms with van der Waals surface area (Å²) in [5.41, 5.74) is 0. The highest BCUT2D eigenvalue weighted by atomic mass is 16.5. The van der Waals surface area contributed by atoms with Crippen LogP contribution < -0.4 is 5.32 Å². The molecular weight excluding hydrogens is 779 g/mol. The lowest BCUT2D eigenvalue weighted by Gasteiger charge is -2.20. The van der Waals surface area contributed by atoms with Crippen LogP contribution in [0.5, 0.6) is 0 Å². The summed E-state index contributed by atoms with van der Waals surface area (Å²) in [6.07, 6.45) is 63.3. The molecule has 6 heteroatoms. The monoisotopic (exact) mass is 888 g/mol. The Morgan fingerprint density at radius 2 is 0.762 bits per heavy atom. The molecule has 0 saturated heterocycles. The fraction of sp³-hybridized carbons (Fsp3) is 0.895. The SMILES string of the molecule is CCCC/C=C\CCCCCCCC(=O)OCCCCCCCCCCCCCCCCCCCCCC(=O)NC(CO)C(O)/C=C/CCCCCCCCCCCCCCCC. The van der Waals surface area contributed by atoms with Crippen molar-refractivity contribution in [1.82, 2.24) is 5.32 Å². The van der Waals surface area contributed by atoms with Gasteiger partial charge in [0, 0.05) is 12.8 Å². The highest BCUT2D eigenvalue weighted by Gasteiger charge is 2.18. The number of esters is 1. The van der Waals surface area contributed by atoms with E-state index in [0.29, 0.717) is 19.4 Å². The number of carbonyl (C=O) groups excluding carboxylic acids is 2. The maximum absolute atomic E-state index is 12.5. The quantitative estimate of drug-likeness (QED) is 0.0321. The van der Waals surface area contributed by atoms with Gasteiger partial charge >= 0.3 is 5.97 Å². The lowest BCUT2D eigenvalue weighted by atomic mass is 10.0. The minimum atomic E-state index is -0.846. The van der Waals surface area contributed by atoms with Crippen LogP contribution in [-0.2, 0) is 14.3 Å². The summed E-state index contributed by atoms with van der Waals surface area (Å²) in [5, 5.41) is 23.1. The maximum atomic E-state index is 12.5. The van der Waals surface area contributed by atoms with Crippen molar-refractivity contribution in [3.05, 3.63) is 24.3 Å². The second-order valence-electron chi connectivity index (χ2n) is 19.3. The molecule has 372 valence electrons. The number of hydrogen-bond donors (Lipinski definition) is 3. The normalized spacial score (nSPS) is 12.8. The van der Waals surface area contributed by atoms with E-state index >= 15 is 0 Å². The van der Waals surface area contributed by atoms with Crippen molar-refractivity contribution in [3.63, 3.8) is 0 Å². The zero-order chi connectivity index (χ0) is 45.8. The predicted octanol–water partition coefficient (Wildman–Crippen LogP) is 17.1. The van der Waals surface area contributed by atoms with Gasteiger partial charge in [-0.2, -0.15) is 0 Å². The van der Waals surface area contributed by atoms with Gasteiger partial charge in [-0.05, 0) is 51.4 Å². The van der Waals surface area contributed by atoms with Gasteiger partial charge in [-0.25, -0.2) is 0 Å². The van der Waals surface area contributed by atoms with E-state index in [0.717, 1.165) is 44.9 Å². The summed E-state index contributed by atoms with van der Waals surface area (Å²) in [6.45, 7) is 4.87. The smallest absolute Gasteiger partial charge is 0.305 e. The van der Waals surface area contributed by atoms with Gasteiger partial charge in [0.1, 0.15) is 0 Å². The Bertz CT molecular complexity index is 982. The maximum Gasteiger partial charge on any atom is 0.305 e. The van der Waals surface area contributed by atoms with Crippen LogP contribution in [0.15, 0.2) is 24.3 Å². The molecule has 6 nitrogen and oxygen atoms in total. The molecule has 0 aromatic rings. The minimum absolute atomic E-state index is 0.00282. The number of ether oxygens (including phenoxy) is 1. The lowest BCUT2D eigenvalue weighted by Crippen LogP contribution is -2.45. The molecule has 0 aromatic heterocycles. The highest BCUT2D eigenvalue weighted by Crippen LogP contribution is 2.17. The third-order valence-corrected chi connectivity index (χ3v) is 13.0. The molecule has 0 heterocycles. The van der Waals surface area contributed by atoms with E-state index in [4.69, 9.17) is 4.74 Å². The molecule has 0 aliphatic carbocycles. The van der Waals surface area contributed by atoms with Crippen LogP contribution in [0.4, 0.5) is 0 Å². The van der Waals surface area contributed by atoms with Crippen molar-refractivity contribution in [3.8, 4) is 0 Å².